The lowest BCUT2D eigenvalue weighted by molar-refractivity contribution is 0.0602. The Morgan fingerprint density at radius 2 is 1.86 bits per heavy atom. The first-order valence-electron chi connectivity index (χ1n) is 7.76. The van der Waals surface area contributed by atoms with E-state index < -0.39 is 0 Å². The molecule has 4 heteroatoms. The molecule has 1 aromatic carbocycles. The van der Waals surface area contributed by atoms with Crippen molar-refractivity contribution < 1.29 is 9.53 Å². The van der Waals surface area contributed by atoms with Crippen molar-refractivity contribution in [3.63, 3.8) is 0 Å². The summed E-state index contributed by atoms with van der Waals surface area (Å²) in [4.78, 5) is 14.2. The van der Waals surface area contributed by atoms with Crippen LogP contribution in [0.5, 0.6) is 0 Å². The Morgan fingerprint density at radius 1 is 1.24 bits per heavy atom. The fourth-order valence-corrected chi connectivity index (χ4v) is 3.12. The molecule has 1 aliphatic rings. The number of nitrogens with zero attached hydrogens (tertiary/aromatic N) is 1. The smallest absolute Gasteiger partial charge is 0.340 e. The Hall–Kier alpha value is -1.71. The highest BCUT2D eigenvalue weighted by molar-refractivity contribution is 5.97. The molecule has 0 aliphatic heterocycles. The van der Waals surface area contributed by atoms with Crippen LogP contribution < -0.4 is 10.6 Å². The first-order valence-corrected chi connectivity index (χ1v) is 7.76. The van der Waals surface area contributed by atoms with Gasteiger partial charge in [-0.15, -0.1) is 0 Å². The largest absolute Gasteiger partial charge is 0.465 e. The van der Waals surface area contributed by atoms with Crippen molar-refractivity contribution >= 4 is 17.3 Å². The first-order chi connectivity index (χ1) is 10.0. The Bertz CT molecular complexity index is 506. The molecule has 0 aromatic heterocycles. The SMILES string of the molecule is COC(=O)c1cc(N(C)C2CCCCCC2)cc(C)c1N. The Balaban J connectivity index is 2.30. The molecule has 0 unspecified atom stereocenters. The normalized spacial score (nSPS) is 16.3. The van der Waals surface area contributed by atoms with E-state index in [4.69, 9.17) is 10.5 Å². The molecule has 1 saturated carbocycles. The average Bonchev–Trinajstić information content (AvgIpc) is 2.77. The highest BCUT2D eigenvalue weighted by Gasteiger charge is 2.20. The molecule has 2 rings (SSSR count). The maximum Gasteiger partial charge on any atom is 0.340 e. The number of hydrogen-bond donors (Lipinski definition) is 1. The van der Waals surface area contributed by atoms with E-state index in [2.05, 4.69) is 18.0 Å². The van der Waals surface area contributed by atoms with Gasteiger partial charge in [-0.25, -0.2) is 4.79 Å². The summed E-state index contributed by atoms with van der Waals surface area (Å²) in [6, 6.07) is 4.46. The molecule has 0 amide bonds. The molecule has 4 nitrogen and oxygen atoms in total. The van der Waals surface area contributed by atoms with E-state index in [9.17, 15) is 4.79 Å². The number of aryl methyl sites for hydroxylation is 1. The van der Waals surface area contributed by atoms with Gasteiger partial charge in [-0.1, -0.05) is 25.7 Å². The molecular weight excluding hydrogens is 264 g/mol. The molecule has 1 aromatic rings. The minimum atomic E-state index is -0.369. The zero-order chi connectivity index (χ0) is 15.4. The summed E-state index contributed by atoms with van der Waals surface area (Å²) >= 11 is 0. The van der Waals surface area contributed by atoms with Gasteiger partial charge in [0.2, 0.25) is 0 Å². The second-order valence-corrected chi connectivity index (χ2v) is 5.97. The predicted octanol–water partition coefficient (Wildman–Crippen LogP) is 3.52. The summed E-state index contributed by atoms with van der Waals surface area (Å²) in [5, 5.41) is 0. The third kappa shape index (κ3) is 3.49. The fourth-order valence-electron chi connectivity index (χ4n) is 3.12. The van der Waals surface area contributed by atoms with Gasteiger partial charge in [0.05, 0.1) is 12.7 Å². The Morgan fingerprint density at radius 3 is 2.43 bits per heavy atom. The number of anilines is 2. The third-order valence-corrected chi connectivity index (χ3v) is 4.56. The molecule has 21 heavy (non-hydrogen) atoms. The molecule has 2 N–H and O–H groups in total. The van der Waals surface area contributed by atoms with Gasteiger partial charge in [0.15, 0.2) is 0 Å². The van der Waals surface area contributed by atoms with Crippen LogP contribution >= 0.6 is 0 Å². The third-order valence-electron chi connectivity index (χ3n) is 4.56. The molecule has 0 radical (unpaired) electrons. The number of hydrogen-bond acceptors (Lipinski definition) is 4. The van der Waals surface area contributed by atoms with Crippen molar-refractivity contribution in [3.8, 4) is 0 Å². The summed E-state index contributed by atoms with van der Waals surface area (Å²) in [5.41, 5.74) is 8.97. The van der Waals surface area contributed by atoms with Gasteiger partial charge < -0.3 is 15.4 Å². The van der Waals surface area contributed by atoms with E-state index in [0.29, 0.717) is 17.3 Å². The number of carbonyl (C=O) groups excluding carboxylic acids is 1. The number of ether oxygens (including phenoxy) is 1. The number of esters is 1. The maximum absolute atomic E-state index is 11.9. The number of rotatable bonds is 3. The highest BCUT2D eigenvalue weighted by atomic mass is 16.5. The molecule has 0 saturated heterocycles. The minimum absolute atomic E-state index is 0.369. The number of methoxy groups -OCH3 is 1. The topological polar surface area (TPSA) is 55.6 Å². The highest BCUT2D eigenvalue weighted by Crippen LogP contribution is 2.30. The summed E-state index contributed by atoms with van der Waals surface area (Å²) in [7, 11) is 3.50. The number of carbonyl (C=O) groups is 1. The van der Waals surface area contributed by atoms with Gasteiger partial charge >= 0.3 is 5.97 Å². The lowest BCUT2D eigenvalue weighted by atomic mass is 10.0. The molecule has 1 aliphatic carbocycles. The van der Waals surface area contributed by atoms with Gasteiger partial charge in [-0.05, 0) is 37.5 Å². The standard InChI is InChI=1S/C17H26N2O2/c1-12-10-14(11-15(16(12)18)17(20)21-3)19(2)13-8-6-4-5-7-9-13/h10-11,13H,4-9,18H2,1-3H3. The second kappa shape index (κ2) is 6.83. The van der Waals surface area contributed by atoms with Gasteiger partial charge in [0, 0.05) is 24.5 Å². The van der Waals surface area contributed by atoms with Crippen LogP contribution in [0.4, 0.5) is 11.4 Å². The van der Waals surface area contributed by atoms with Crippen molar-refractivity contribution in [1.29, 1.82) is 0 Å². The van der Waals surface area contributed by atoms with Crippen molar-refractivity contribution in [2.45, 2.75) is 51.5 Å². The monoisotopic (exact) mass is 290 g/mol. The Labute approximate surface area is 127 Å². The zero-order valence-corrected chi connectivity index (χ0v) is 13.3. The van der Waals surface area contributed by atoms with Crippen molar-refractivity contribution in [3.05, 3.63) is 23.3 Å². The van der Waals surface area contributed by atoms with Crippen LogP contribution in [0.25, 0.3) is 0 Å². The van der Waals surface area contributed by atoms with Gasteiger partial charge in [-0.2, -0.15) is 0 Å². The number of nitrogens with two attached hydrogens (primary N) is 1. The molecular formula is C17H26N2O2. The molecule has 0 spiro atoms. The van der Waals surface area contributed by atoms with E-state index in [0.717, 1.165) is 11.3 Å². The number of benzene rings is 1. The average molecular weight is 290 g/mol. The van der Waals surface area contributed by atoms with E-state index in [1.165, 1.54) is 45.6 Å². The van der Waals surface area contributed by atoms with Crippen LogP contribution in [0.15, 0.2) is 12.1 Å². The first kappa shape index (κ1) is 15.7. The summed E-state index contributed by atoms with van der Waals surface area (Å²) in [5.74, 6) is -0.369. The molecule has 0 atom stereocenters. The summed E-state index contributed by atoms with van der Waals surface area (Å²) in [6.07, 6.45) is 7.66. The molecule has 116 valence electrons. The van der Waals surface area contributed by atoms with Crippen molar-refractivity contribution in [2.75, 3.05) is 24.8 Å². The van der Waals surface area contributed by atoms with Crippen molar-refractivity contribution in [1.82, 2.24) is 0 Å². The minimum Gasteiger partial charge on any atom is -0.465 e. The zero-order valence-electron chi connectivity index (χ0n) is 13.3. The van der Waals surface area contributed by atoms with E-state index >= 15 is 0 Å². The Kier molecular flexibility index (Phi) is 5.10. The second-order valence-electron chi connectivity index (χ2n) is 5.97. The summed E-state index contributed by atoms with van der Waals surface area (Å²) in [6.45, 7) is 1.94. The summed E-state index contributed by atoms with van der Waals surface area (Å²) < 4.78 is 4.83. The van der Waals surface area contributed by atoms with Crippen LogP contribution in [0, 0.1) is 6.92 Å². The van der Waals surface area contributed by atoms with Gasteiger partial charge in [0.25, 0.3) is 0 Å². The lowest BCUT2D eigenvalue weighted by Crippen LogP contribution is -2.31. The molecule has 0 bridgehead atoms. The van der Waals surface area contributed by atoms with Gasteiger partial charge in [0.1, 0.15) is 0 Å². The number of nitrogen functional groups attached to an aromatic ring is 1. The fraction of sp³-hybridized carbons (Fsp3) is 0.588. The lowest BCUT2D eigenvalue weighted by Gasteiger charge is -2.30. The van der Waals surface area contributed by atoms with Crippen LogP contribution in [0.2, 0.25) is 0 Å². The van der Waals surface area contributed by atoms with Crippen LogP contribution in [-0.2, 0) is 4.74 Å². The quantitative estimate of drug-likeness (QED) is 0.526. The van der Waals surface area contributed by atoms with E-state index in [1.807, 2.05) is 13.0 Å². The molecule has 0 heterocycles. The van der Waals surface area contributed by atoms with Crippen molar-refractivity contribution in [2.24, 2.45) is 0 Å². The van der Waals surface area contributed by atoms with E-state index in [-0.39, 0.29) is 5.97 Å². The van der Waals surface area contributed by atoms with Crippen LogP contribution in [0.1, 0.15) is 54.4 Å². The van der Waals surface area contributed by atoms with E-state index in [1.54, 1.807) is 0 Å². The maximum atomic E-state index is 11.9. The van der Waals surface area contributed by atoms with Crippen LogP contribution in [0.3, 0.4) is 0 Å². The predicted molar refractivity (Wildman–Crippen MR) is 86.8 cm³/mol. The van der Waals surface area contributed by atoms with Crippen LogP contribution in [-0.4, -0.2) is 26.2 Å². The van der Waals surface area contributed by atoms with Gasteiger partial charge in [-0.3, -0.25) is 0 Å². The molecule has 1 fully saturated rings.